The Kier molecular flexibility index (Phi) is 5.05. The van der Waals surface area contributed by atoms with Gasteiger partial charge in [-0.05, 0) is 13.0 Å². The summed E-state index contributed by atoms with van der Waals surface area (Å²) in [6, 6.07) is 5.70. The van der Waals surface area contributed by atoms with Crippen molar-refractivity contribution in [1.82, 2.24) is 10.5 Å². The molecule has 0 saturated heterocycles. The van der Waals surface area contributed by atoms with Crippen LogP contribution >= 0.6 is 0 Å². The molecule has 0 fully saturated rings. The van der Waals surface area contributed by atoms with Crippen LogP contribution in [0.15, 0.2) is 22.7 Å². The first-order valence-corrected chi connectivity index (χ1v) is 6.60. The Hall–Kier alpha value is -2.21. The van der Waals surface area contributed by atoms with Gasteiger partial charge in [0.2, 0.25) is 5.75 Å². The Balaban J connectivity index is 2.08. The van der Waals surface area contributed by atoms with Gasteiger partial charge in [-0.25, -0.2) is 0 Å². The molecule has 0 aliphatic carbocycles. The monoisotopic (exact) mass is 292 g/mol. The van der Waals surface area contributed by atoms with E-state index in [1.165, 1.54) is 0 Å². The van der Waals surface area contributed by atoms with Crippen LogP contribution in [0.25, 0.3) is 0 Å². The number of benzene rings is 1. The molecule has 0 bridgehead atoms. The Morgan fingerprint density at radius 3 is 2.38 bits per heavy atom. The summed E-state index contributed by atoms with van der Waals surface area (Å²) < 4.78 is 21.2. The number of hydrogen-bond donors (Lipinski definition) is 1. The van der Waals surface area contributed by atoms with Gasteiger partial charge in [0.25, 0.3) is 0 Å². The first-order valence-electron chi connectivity index (χ1n) is 6.60. The van der Waals surface area contributed by atoms with Gasteiger partial charge in [-0.15, -0.1) is 0 Å². The number of nitrogens with one attached hydrogen (secondary N) is 1. The lowest BCUT2D eigenvalue weighted by Crippen LogP contribution is -2.13. The minimum absolute atomic E-state index is 0.592. The number of methoxy groups -OCH3 is 3. The number of aromatic nitrogens is 1. The first-order chi connectivity index (χ1) is 10.2. The molecule has 2 aromatic rings. The van der Waals surface area contributed by atoms with Gasteiger partial charge in [0.15, 0.2) is 17.3 Å². The van der Waals surface area contributed by atoms with E-state index in [0.29, 0.717) is 30.3 Å². The zero-order valence-corrected chi connectivity index (χ0v) is 12.7. The maximum Gasteiger partial charge on any atom is 0.203 e. The van der Waals surface area contributed by atoms with Gasteiger partial charge < -0.3 is 24.1 Å². The van der Waals surface area contributed by atoms with Crippen molar-refractivity contribution in [3.8, 4) is 17.2 Å². The molecule has 6 heteroatoms. The number of aryl methyl sites for hydroxylation is 1. The third-order valence-corrected chi connectivity index (χ3v) is 3.08. The van der Waals surface area contributed by atoms with Crippen LogP contribution in [-0.2, 0) is 13.1 Å². The van der Waals surface area contributed by atoms with Crippen molar-refractivity contribution in [1.29, 1.82) is 0 Å². The number of ether oxygens (including phenoxy) is 3. The summed E-state index contributed by atoms with van der Waals surface area (Å²) in [4.78, 5) is 0. The summed E-state index contributed by atoms with van der Waals surface area (Å²) in [7, 11) is 4.80. The van der Waals surface area contributed by atoms with E-state index >= 15 is 0 Å². The summed E-state index contributed by atoms with van der Waals surface area (Å²) in [5.74, 6) is 2.70. The number of nitrogens with zero attached hydrogens (tertiary/aromatic N) is 1. The average Bonchev–Trinajstić information content (AvgIpc) is 2.91. The fourth-order valence-corrected chi connectivity index (χ4v) is 2.12. The van der Waals surface area contributed by atoms with Crippen molar-refractivity contribution in [2.75, 3.05) is 21.3 Å². The topological polar surface area (TPSA) is 65.8 Å². The quantitative estimate of drug-likeness (QED) is 0.844. The van der Waals surface area contributed by atoms with Gasteiger partial charge in [-0.1, -0.05) is 11.2 Å². The minimum atomic E-state index is 0.592. The highest BCUT2D eigenvalue weighted by Gasteiger charge is 2.15. The normalized spacial score (nSPS) is 10.5. The molecule has 6 nitrogen and oxygen atoms in total. The molecular weight excluding hydrogens is 272 g/mol. The van der Waals surface area contributed by atoms with Crippen LogP contribution in [0.4, 0.5) is 0 Å². The van der Waals surface area contributed by atoms with E-state index in [1.807, 2.05) is 25.1 Å². The predicted octanol–water partition coefficient (Wildman–Crippen LogP) is 2.30. The van der Waals surface area contributed by atoms with E-state index in [-0.39, 0.29) is 0 Å². The van der Waals surface area contributed by atoms with E-state index in [4.69, 9.17) is 18.7 Å². The van der Waals surface area contributed by atoms with Crippen LogP contribution in [0, 0.1) is 6.92 Å². The van der Waals surface area contributed by atoms with E-state index < -0.39 is 0 Å². The van der Waals surface area contributed by atoms with Crippen molar-refractivity contribution < 1.29 is 18.7 Å². The second-order valence-electron chi connectivity index (χ2n) is 4.53. The molecule has 1 heterocycles. The molecule has 0 unspecified atom stereocenters. The fraction of sp³-hybridized carbons (Fsp3) is 0.400. The molecule has 1 N–H and O–H groups in total. The molecule has 0 saturated carbocycles. The maximum atomic E-state index is 5.44. The van der Waals surface area contributed by atoms with E-state index in [0.717, 1.165) is 17.0 Å². The largest absolute Gasteiger partial charge is 0.493 e. The molecule has 114 valence electrons. The van der Waals surface area contributed by atoms with E-state index in [9.17, 15) is 0 Å². The summed E-state index contributed by atoms with van der Waals surface area (Å²) in [5.41, 5.74) is 1.85. The summed E-state index contributed by atoms with van der Waals surface area (Å²) in [6.07, 6.45) is 0. The average molecular weight is 292 g/mol. The maximum absolute atomic E-state index is 5.44. The molecule has 0 amide bonds. The predicted molar refractivity (Wildman–Crippen MR) is 77.9 cm³/mol. The van der Waals surface area contributed by atoms with Crippen LogP contribution in [0.1, 0.15) is 17.0 Å². The number of rotatable bonds is 7. The molecule has 1 aromatic carbocycles. The van der Waals surface area contributed by atoms with Gasteiger partial charge in [0.05, 0.1) is 33.6 Å². The van der Waals surface area contributed by atoms with E-state index in [2.05, 4.69) is 10.5 Å². The van der Waals surface area contributed by atoms with Gasteiger partial charge in [-0.2, -0.15) is 0 Å². The zero-order chi connectivity index (χ0) is 15.2. The molecule has 0 aliphatic heterocycles. The first kappa shape index (κ1) is 15.2. The molecule has 0 atom stereocenters. The van der Waals surface area contributed by atoms with Crippen LogP contribution in [-0.4, -0.2) is 26.5 Å². The third kappa shape index (κ3) is 3.46. The highest BCUT2D eigenvalue weighted by Crippen LogP contribution is 2.39. The van der Waals surface area contributed by atoms with Crippen molar-refractivity contribution in [2.24, 2.45) is 0 Å². The third-order valence-electron chi connectivity index (χ3n) is 3.08. The van der Waals surface area contributed by atoms with Gasteiger partial charge in [-0.3, -0.25) is 0 Å². The van der Waals surface area contributed by atoms with Crippen LogP contribution in [0.5, 0.6) is 17.2 Å². The van der Waals surface area contributed by atoms with Crippen molar-refractivity contribution in [3.05, 3.63) is 35.2 Å². The lowest BCUT2D eigenvalue weighted by Gasteiger charge is -2.15. The molecular formula is C15H20N2O4. The lowest BCUT2D eigenvalue weighted by atomic mass is 10.1. The lowest BCUT2D eigenvalue weighted by molar-refractivity contribution is 0.321. The SMILES string of the molecule is COc1ccc(CNCc2cc(C)no2)c(OC)c1OC. The molecule has 0 spiro atoms. The highest BCUT2D eigenvalue weighted by atomic mass is 16.5. The second kappa shape index (κ2) is 6.99. The van der Waals surface area contributed by atoms with Gasteiger partial charge >= 0.3 is 0 Å². The standard InChI is InChI=1S/C15H20N2O4/c1-10-7-12(21-17-10)9-16-8-11-5-6-13(18-2)15(20-4)14(11)19-3/h5-7,16H,8-9H2,1-4H3. The van der Waals surface area contributed by atoms with Gasteiger partial charge in [0.1, 0.15) is 0 Å². The van der Waals surface area contributed by atoms with Crippen molar-refractivity contribution in [2.45, 2.75) is 20.0 Å². The summed E-state index contributed by atoms with van der Waals surface area (Å²) >= 11 is 0. The Morgan fingerprint density at radius 2 is 1.81 bits per heavy atom. The summed E-state index contributed by atoms with van der Waals surface area (Å²) in [6.45, 7) is 3.10. The molecule has 21 heavy (non-hydrogen) atoms. The van der Waals surface area contributed by atoms with Crippen molar-refractivity contribution >= 4 is 0 Å². The highest BCUT2D eigenvalue weighted by molar-refractivity contribution is 5.55. The summed E-state index contributed by atoms with van der Waals surface area (Å²) in [5, 5.41) is 7.13. The van der Waals surface area contributed by atoms with Crippen LogP contribution < -0.4 is 19.5 Å². The zero-order valence-electron chi connectivity index (χ0n) is 12.7. The Labute approximate surface area is 124 Å². The van der Waals surface area contributed by atoms with Crippen LogP contribution in [0.2, 0.25) is 0 Å². The Bertz CT molecular complexity index is 595. The molecule has 1 aromatic heterocycles. The molecule has 0 radical (unpaired) electrons. The van der Waals surface area contributed by atoms with Crippen LogP contribution in [0.3, 0.4) is 0 Å². The number of hydrogen-bond acceptors (Lipinski definition) is 6. The minimum Gasteiger partial charge on any atom is -0.493 e. The smallest absolute Gasteiger partial charge is 0.203 e. The second-order valence-corrected chi connectivity index (χ2v) is 4.53. The molecule has 0 aliphatic rings. The van der Waals surface area contributed by atoms with Crippen molar-refractivity contribution in [3.63, 3.8) is 0 Å². The Morgan fingerprint density at radius 1 is 1.05 bits per heavy atom. The van der Waals surface area contributed by atoms with Gasteiger partial charge in [0, 0.05) is 18.2 Å². The van der Waals surface area contributed by atoms with E-state index in [1.54, 1.807) is 21.3 Å². The fourth-order valence-electron chi connectivity index (χ4n) is 2.12. The molecule has 2 rings (SSSR count).